The van der Waals surface area contributed by atoms with Crippen molar-refractivity contribution in [2.24, 2.45) is 0 Å². The second kappa shape index (κ2) is 4.74. The van der Waals surface area contributed by atoms with E-state index in [2.05, 4.69) is 0 Å². The van der Waals surface area contributed by atoms with E-state index in [0.29, 0.717) is 6.54 Å². The van der Waals surface area contributed by atoms with Gasteiger partial charge in [-0.15, -0.1) is 11.6 Å². The number of carbonyl (C=O) groups excluding carboxylic acids is 1. The Bertz CT molecular complexity index is 406. The molecule has 0 saturated heterocycles. The van der Waals surface area contributed by atoms with Gasteiger partial charge in [0.2, 0.25) is 5.91 Å². The van der Waals surface area contributed by atoms with Gasteiger partial charge in [0.25, 0.3) is 0 Å². The van der Waals surface area contributed by atoms with Gasteiger partial charge in [-0.2, -0.15) is 0 Å². The fourth-order valence-electron chi connectivity index (χ4n) is 1.95. The third-order valence-corrected chi connectivity index (χ3v) is 3.12. The number of nitrogens with zero attached hydrogens (tertiary/aromatic N) is 1. The quantitative estimate of drug-likeness (QED) is 0.737. The summed E-state index contributed by atoms with van der Waals surface area (Å²) in [5, 5.41) is 0. The lowest BCUT2D eigenvalue weighted by Crippen LogP contribution is -2.36. The first kappa shape index (κ1) is 11.3. The molecule has 0 spiro atoms. The largest absolute Gasteiger partial charge is 0.497 e. The van der Waals surface area contributed by atoms with Crippen LogP contribution in [0.1, 0.15) is 11.1 Å². The molecule has 1 aromatic rings. The van der Waals surface area contributed by atoms with E-state index in [1.807, 2.05) is 18.2 Å². The molecule has 1 aliphatic rings. The van der Waals surface area contributed by atoms with E-state index in [-0.39, 0.29) is 11.8 Å². The van der Waals surface area contributed by atoms with Gasteiger partial charge in [0.05, 0.1) is 7.11 Å². The molecular formula is C12H14ClNO2. The summed E-state index contributed by atoms with van der Waals surface area (Å²) < 4.78 is 5.17. The van der Waals surface area contributed by atoms with Gasteiger partial charge in [-0.3, -0.25) is 4.79 Å². The predicted molar refractivity (Wildman–Crippen MR) is 62.8 cm³/mol. The van der Waals surface area contributed by atoms with Crippen molar-refractivity contribution < 1.29 is 9.53 Å². The summed E-state index contributed by atoms with van der Waals surface area (Å²) in [5.41, 5.74) is 2.45. The number of methoxy groups -OCH3 is 1. The minimum absolute atomic E-state index is 0.00290. The first-order chi connectivity index (χ1) is 7.74. The summed E-state index contributed by atoms with van der Waals surface area (Å²) >= 11 is 5.55. The molecular weight excluding hydrogens is 226 g/mol. The minimum atomic E-state index is 0.00290. The second-order valence-corrected chi connectivity index (χ2v) is 4.10. The van der Waals surface area contributed by atoms with Gasteiger partial charge in [-0.1, -0.05) is 6.07 Å². The molecule has 0 aliphatic carbocycles. The van der Waals surface area contributed by atoms with Crippen LogP contribution in [0.4, 0.5) is 0 Å². The number of benzene rings is 1. The minimum Gasteiger partial charge on any atom is -0.497 e. The van der Waals surface area contributed by atoms with Crippen LogP contribution in [0.3, 0.4) is 0 Å². The Hall–Kier alpha value is -1.22. The number of fused-ring (bicyclic) bond motifs is 1. The molecule has 1 amide bonds. The number of hydrogen-bond donors (Lipinski definition) is 0. The molecule has 0 N–H and O–H groups in total. The Morgan fingerprint density at radius 3 is 3.00 bits per heavy atom. The van der Waals surface area contributed by atoms with Gasteiger partial charge in [0.15, 0.2) is 0 Å². The Balaban J connectivity index is 2.18. The highest BCUT2D eigenvalue weighted by molar-refractivity contribution is 6.27. The van der Waals surface area contributed by atoms with Crippen molar-refractivity contribution in [3.05, 3.63) is 29.3 Å². The van der Waals surface area contributed by atoms with E-state index >= 15 is 0 Å². The molecule has 3 nitrogen and oxygen atoms in total. The zero-order chi connectivity index (χ0) is 11.5. The Labute approximate surface area is 100.0 Å². The van der Waals surface area contributed by atoms with E-state index in [4.69, 9.17) is 16.3 Å². The Morgan fingerprint density at radius 1 is 1.50 bits per heavy atom. The van der Waals surface area contributed by atoms with Crippen LogP contribution in [0.15, 0.2) is 18.2 Å². The number of ether oxygens (including phenoxy) is 1. The maximum atomic E-state index is 11.5. The van der Waals surface area contributed by atoms with Crippen molar-refractivity contribution in [1.29, 1.82) is 0 Å². The molecule has 1 heterocycles. The Kier molecular flexibility index (Phi) is 3.34. The number of hydrogen-bond acceptors (Lipinski definition) is 2. The van der Waals surface area contributed by atoms with Gasteiger partial charge >= 0.3 is 0 Å². The van der Waals surface area contributed by atoms with Gasteiger partial charge < -0.3 is 9.64 Å². The van der Waals surface area contributed by atoms with Crippen LogP contribution in [-0.2, 0) is 17.8 Å². The highest BCUT2D eigenvalue weighted by atomic mass is 35.5. The maximum Gasteiger partial charge on any atom is 0.237 e. The Morgan fingerprint density at radius 2 is 2.31 bits per heavy atom. The molecule has 16 heavy (non-hydrogen) atoms. The highest BCUT2D eigenvalue weighted by Crippen LogP contribution is 2.23. The maximum absolute atomic E-state index is 11.5. The second-order valence-electron chi connectivity index (χ2n) is 3.83. The number of rotatable bonds is 2. The summed E-state index contributed by atoms with van der Waals surface area (Å²) in [6.07, 6.45) is 0.870. The van der Waals surface area contributed by atoms with E-state index < -0.39 is 0 Å². The lowest BCUT2D eigenvalue weighted by Gasteiger charge is -2.28. The summed E-state index contributed by atoms with van der Waals surface area (Å²) in [5.74, 6) is 0.935. The summed E-state index contributed by atoms with van der Waals surface area (Å²) in [7, 11) is 1.66. The standard InChI is InChI=1S/C12H14ClNO2/c1-16-11-3-2-10-8-14(12(15)7-13)5-4-9(10)6-11/h2-3,6H,4-5,7-8H2,1H3. The van der Waals surface area contributed by atoms with Gasteiger partial charge in [-0.05, 0) is 29.7 Å². The van der Waals surface area contributed by atoms with E-state index in [0.717, 1.165) is 18.7 Å². The number of alkyl halides is 1. The average molecular weight is 240 g/mol. The number of carbonyl (C=O) groups is 1. The van der Waals surface area contributed by atoms with Crippen molar-refractivity contribution in [2.45, 2.75) is 13.0 Å². The van der Waals surface area contributed by atoms with Crippen molar-refractivity contribution >= 4 is 17.5 Å². The van der Waals surface area contributed by atoms with Crippen molar-refractivity contribution in [2.75, 3.05) is 19.5 Å². The molecule has 4 heteroatoms. The highest BCUT2D eigenvalue weighted by Gasteiger charge is 2.19. The lowest BCUT2D eigenvalue weighted by atomic mass is 9.99. The summed E-state index contributed by atoms with van der Waals surface area (Å²) in [4.78, 5) is 13.3. The topological polar surface area (TPSA) is 29.5 Å². The van der Waals surface area contributed by atoms with Crippen LogP contribution in [0.2, 0.25) is 0 Å². The summed E-state index contributed by atoms with van der Waals surface area (Å²) in [6.45, 7) is 1.40. The van der Waals surface area contributed by atoms with Crippen LogP contribution >= 0.6 is 11.6 Å². The molecule has 0 radical (unpaired) electrons. The molecule has 86 valence electrons. The van der Waals surface area contributed by atoms with E-state index in [1.54, 1.807) is 12.0 Å². The first-order valence-electron chi connectivity index (χ1n) is 5.24. The summed E-state index contributed by atoms with van der Waals surface area (Å²) in [6, 6.07) is 5.98. The van der Waals surface area contributed by atoms with Crippen LogP contribution < -0.4 is 4.74 Å². The monoisotopic (exact) mass is 239 g/mol. The molecule has 1 aromatic carbocycles. The van der Waals surface area contributed by atoms with Crippen molar-refractivity contribution in [3.63, 3.8) is 0 Å². The van der Waals surface area contributed by atoms with Crippen LogP contribution in [0, 0.1) is 0 Å². The van der Waals surface area contributed by atoms with Gasteiger partial charge in [0, 0.05) is 13.1 Å². The molecule has 1 aliphatic heterocycles. The SMILES string of the molecule is COc1ccc2c(c1)CCN(C(=O)CCl)C2. The molecule has 0 bridgehead atoms. The van der Waals surface area contributed by atoms with E-state index in [9.17, 15) is 4.79 Å². The zero-order valence-electron chi connectivity index (χ0n) is 9.20. The van der Waals surface area contributed by atoms with Crippen LogP contribution in [0.5, 0.6) is 5.75 Å². The normalized spacial score (nSPS) is 14.5. The average Bonchev–Trinajstić information content (AvgIpc) is 2.36. The first-order valence-corrected chi connectivity index (χ1v) is 5.77. The molecule has 2 rings (SSSR count). The molecule has 0 fully saturated rings. The fourth-order valence-corrected chi connectivity index (χ4v) is 2.12. The third kappa shape index (κ3) is 2.14. The van der Waals surface area contributed by atoms with Crippen LogP contribution in [0.25, 0.3) is 0 Å². The third-order valence-electron chi connectivity index (χ3n) is 2.89. The van der Waals surface area contributed by atoms with Crippen LogP contribution in [-0.4, -0.2) is 30.3 Å². The van der Waals surface area contributed by atoms with E-state index in [1.165, 1.54) is 11.1 Å². The number of halogens is 1. The van der Waals surface area contributed by atoms with Crippen molar-refractivity contribution in [3.8, 4) is 5.75 Å². The molecule has 0 saturated carbocycles. The predicted octanol–water partition coefficient (Wildman–Crippen LogP) is 1.82. The van der Waals surface area contributed by atoms with Gasteiger partial charge in [-0.25, -0.2) is 0 Å². The molecule has 0 aromatic heterocycles. The van der Waals surface area contributed by atoms with Crippen molar-refractivity contribution in [1.82, 2.24) is 4.90 Å². The fraction of sp³-hybridized carbons (Fsp3) is 0.417. The molecule has 0 atom stereocenters. The smallest absolute Gasteiger partial charge is 0.237 e. The lowest BCUT2D eigenvalue weighted by molar-refractivity contribution is -0.129. The number of amides is 1. The molecule has 0 unspecified atom stereocenters. The van der Waals surface area contributed by atoms with Gasteiger partial charge in [0.1, 0.15) is 11.6 Å². The zero-order valence-corrected chi connectivity index (χ0v) is 9.96.